The minimum Gasteiger partial charge on any atom is -0.504 e. The van der Waals surface area contributed by atoms with Crippen LogP contribution in [-0.4, -0.2) is 10.2 Å². The zero-order valence-corrected chi connectivity index (χ0v) is 13.9. The summed E-state index contributed by atoms with van der Waals surface area (Å²) in [5.41, 5.74) is 2.04. The Balaban J connectivity index is 2.64. The van der Waals surface area contributed by atoms with Crippen LogP contribution in [0.3, 0.4) is 0 Å². The van der Waals surface area contributed by atoms with Crippen LogP contribution >= 0.6 is 0 Å². The van der Waals surface area contributed by atoms with Crippen molar-refractivity contribution in [3.8, 4) is 11.5 Å². The Hall–Kier alpha value is -1.70. The van der Waals surface area contributed by atoms with Crippen molar-refractivity contribution in [3.63, 3.8) is 0 Å². The number of hydrogen-bond acceptors (Lipinski definition) is 2. The van der Waals surface area contributed by atoms with Gasteiger partial charge in [-0.1, -0.05) is 59.7 Å². The predicted molar refractivity (Wildman–Crippen MR) is 89.1 cm³/mol. The van der Waals surface area contributed by atoms with E-state index in [0.29, 0.717) is 5.39 Å². The molecule has 2 aromatic rings. The van der Waals surface area contributed by atoms with Crippen LogP contribution in [0.1, 0.15) is 52.7 Å². The lowest BCUT2D eigenvalue weighted by Crippen LogP contribution is -2.11. The van der Waals surface area contributed by atoms with Crippen LogP contribution in [0.2, 0.25) is 0 Å². The van der Waals surface area contributed by atoms with Crippen LogP contribution in [0.4, 0.5) is 0 Å². The van der Waals surface area contributed by atoms with Gasteiger partial charge in [0.25, 0.3) is 0 Å². The monoisotopic (exact) mass is 286 g/mol. The molecule has 0 aliphatic carbocycles. The molecule has 114 valence electrons. The number of aromatic hydroxyl groups is 2. The van der Waals surface area contributed by atoms with E-state index in [0.717, 1.165) is 17.4 Å². The summed E-state index contributed by atoms with van der Waals surface area (Å²) in [6.45, 7) is 12.7. The largest absolute Gasteiger partial charge is 0.504 e. The molecule has 0 unspecified atom stereocenters. The molecule has 0 fully saturated rings. The molecule has 2 rings (SSSR count). The maximum Gasteiger partial charge on any atom is 0.165 e. The summed E-state index contributed by atoms with van der Waals surface area (Å²) in [5, 5.41) is 22.2. The zero-order chi connectivity index (χ0) is 16.0. The van der Waals surface area contributed by atoms with E-state index in [1.54, 1.807) is 0 Å². The third-order valence-corrected chi connectivity index (χ3v) is 3.69. The average molecular weight is 286 g/mol. The fraction of sp³-hybridized carbons (Fsp3) is 0.474. The van der Waals surface area contributed by atoms with Crippen LogP contribution in [0.15, 0.2) is 24.3 Å². The Labute approximate surface area is 127 Å². The predicted octanol–water partition coefficient (Wildman–Crippen LogP) is 5.14. The van der Waals surface area contributed by atoms with Gasteiger partial charge in [-0.05, 0) is 34.3 Å². The van der Waals surface area contributed by atoms with Crippen molar-refractivity contribution in [2.75, 3.05) is 0 Å². The summed E-state index contributed by atoms with van der Waals surface area (Å²) in [7, 11) is 0. The highest BCUT2D eigenvalue weighted by Gasteiger charge is 2.22. The number of fused-ring (bicyclic) bond motifs is 1. The Bertz CT molecular complexity index is 670. The number of rotatable bonds is 1. The maximum atomic E-state index is 10.3. The van der Waals surface area contributed by atoms with Gasteiger partial charge in [0, 0.05) is 10.9 Å². The molecule has 0 spiro atoms. The molecule has 0 heterocycles. The highest BCUT2D eigenvalue weighted by atomic mass is 16.3. The first kappa shape index (κ1) is 15.7. The SMILES string of the molecule is CC(C)(C)Cc1ccc2c(O)c(O)c(C(C)(C)C)cc2c1. The van der Waals surface area contributed by atoms with Gasteiger partial charge in [-0.3, -0.25) is 0 Å². The lowest BCUT2D eigenvalue weighted by Gasteiger charge is -2.23. The number of phenolic OH excluding ortho intramolecular Hbond substituents is 2. The first-order valence-electron chi connectivity index (χ1n) is 7.47. The molecule has 0 aliphatic rings. The lowest BCUT2D eigenvalue weighted by atomic mass is 9.83. The number of phenols is 2. The van der Waals surface area contributed by atoms with Gasteiger partial charge >= 0.3 is 0 Å². The molecular formula is C19H26O2. The summed E-state index contributed by atoms with van der Waals surface area (Å²) in [6, 6.07) is 8.05. The van der Waals surface area contributed by atoms with Crippen LogP contribution in [0.5, 0.6) is 11.5 Å². The topological polar surface area (TPSA) is 40.5 Å². The average Bonchev–Trinajstić information content (AvgIpc) is 2.30. The molecule has 0 aliphatic heterocycles. The minimum absolute atomic E-state index is 0.00132. The van der Waals surface area contributed by atoms with Crippen molar-refractivity contribution in [2.24, 2.45) is 5.41 Å². The molecule has 0 atom stereocenters. The standard InChI is InChI=1S/C19H26O2/c1-18(2,3)11-12-7-8-14-13(9-12)10-15(19(4,5)6)17(21)16(14)20/h7-10,20-21H,11H2,1-6H3. The van der Waals surface area contributed by atoms with E-state index in [1.165, 1.54) is 5.56 Å². The van der Waals surface area contributed by atoms with Gasteiger partial charge in [0.05, 0.1) is 0 Å². The fourth-order valence-electron chi connectivity index (χ4n) is 2.72. The quantitative estimate of drug-likeness (QED) is 0.713. The Kier molecular flexibility index (Phi) is 3.69. The van der Waals surface area contributed by atoms with Gasteiger partial charge in [-0.2, -0.15) is 0 Å². The van der Waals surface area contributed by atoms with Crippen LogP contribution in [-0.2, 0) is 11.8 Å². The van der Waals surface area contributed by atoms with E-state index in [1.807, 2.05) is 39.0 Å². The normalized spacial score (nSPS) is 12.9. The van der Waals surface area contributed by atoms with Crippen molar-refractivity contribution in [2.45, 2.75) is 53.4 Å². The molecular weight excluding hydrogens is 260 g/mol. The summed E-state index contributed by atoms with van der Waals surface area (Å²) in [6.07, 6.45) is 0.982. The molecule has 0 radical (unpaired) electrons. The summed E-state index contributed by atoms with van der Waals surface area (Å²) < 4.78 is 0. The number of hydrogen-bond donors (Lipinski definition) is 2. The van der Waals surface area contributed by atoms with Crippen molar-refractivity contribution in [3.05, 3.63) is 35.4 Å². The minimum atomic E-state index is -0.213. The Morgan fingerprint density at radius 3 is 2.00 bits per heavy atom. The third kappa shape index (κ3) is 3.31. The van der Waals surface area contributed by atoms with Crippen molar-refractivity contribution in [1.82, 2.24) is 0 Å². The van der Waals surface area contributed by atoms with Crippen molar-refractivity contribution < 1.29 is 10.2 Å². The molecule has 0 saturated heterocycles. The van der Waals surface area contributed by atoms with Crippen molar-refractivity contribution in [1.29, 1.82) is 0 Å². The van der Waals surface area contributed by atoms with E-state index in [4.69, 9.17) is 0 Å². The van der Waals surface area contributed by atoms with Gasteiger partial charge < -0.3 is 10.2 Å². The third-order valence-electron chi connectivity index (χ3n) is 3.69. The smallest absolute Gasteiger partial charge is 0.165 e. The van der Waals surface area contributed by atoms with Crippen LogP contribution in [0, 0.1) is 5.41 Å². The van der Waals surface area contributed by atoms with E-state index in [9.17, 15) is 10.2 Å². The zero-order valence-electron chi connectivity index (χ0n) is 13.9. The number of benzene rings is 2. The molecule has 0 amide bonds. The lowest BCUT2D eigenvalue weighted by molar-refractivity contribution is 0.393. The molecule has 0 bridgehead atoms. The van der Waals surface area contributed by atoms with E-state index in [2.05, 4.69) is 26.8 Å². The second kappa shape index (κ2) is 4.94. The second-order valence-electron chi connectivity index (χ2n) is 8.16. The van der Waals surface area contributed by atoms with E-state index >= 15 is 0 Å². The van der Waals surface area contributed by atoms with Crippen LogP contribution < -0.4 is 0 Å². The molecule has 2 heteroatoms. The fourth-order valence-corrected chi connectivity index (χ4v) is 2.72. The van der Waals surface area contributed by atoms with Crippen molar-refractivity contribution >= 4 is 10.8 Å². The van der Waals surface area contributed by atoms with Crippen LogP contribution in [0.25, 0.3) is 10.8 Å². The van der Waals surface area contributed by atoms with Gasteiger partial charge in [-0.15, -0.1) is 0 Å². The van der Waals surface area contributed by atoms with E-state index < -0.39 is 0 Å². The summed E-state index contributed by atoms with van der Waals surface area (Å²) in [4.78, 5) is 0. The summed E-state index contributed by atoms with van der Waals surface area (Å²) >= 11 is 0. The van der Waals surface area contributed by atoms with E-state index in [-0.39, 0.29) is 22.3 Å². The van der Waals surface area contributed by atoms with Gasteiger partial charge in [0.15, 0.2) is 11.5 Å². The van der Waals surface area contributed by atoms with Gasteiger partial charge in [-0.25, -0.2) is 0 Å². The van der Waals surface area contributed by atoms with Gasteiger partial charge in [0.2, 0.25) is 0 Å². The molecule has 0 saturated carbocycles. The Morgan fingerprint density at radius 1 is 0.857 bits per heavy atom. The summed E-state index contributed by atoms with van der Waals surface area (Å²) in [5.74, 6) is -0.0155. The maximum absolute atomic E-state index is 10.3. The molecule has 2 N–H and O–H groups in total. The Morgan fingerprint density at radius 2 is 1.48 bits per heavy atom. The first-order valence-corrected chi connectivity index (χ1v) is 7.47. The second-order valence-corrected chi connectivity index (χ2v) is 8.16. The molecule has 2 aromatic carbocycles. The molecule has 0 aromatic heterocycles. The first-order chi connectivity index (χ1) is 9.49. The molecule has 2 nitrogen and oxygen atoms in total. The van der Waals surface area contributed by atoms with Gasteiger partial charge in [0.1, 0.15) is 0 Å². The highest BCUT2D eigenvalue weighted by Crippen LogP contribution is 2.42. The molecule has 21 heavy (non-hydrogen) atoms. The highest BCUT2D eigenvalue weighted by molar-refractivity contribution is 5.92.